The number of alkyl halides is 5. The number of halogens is 5. The first-order valence-electron chi connectivity index (χ1n) is 5.07. The Morgan fingerprint density at radius 3 is 2.42 bits per heavy atom. The molecule has 1 aromatic carbocycles. The van der Waals surface area contributed by atoms with Crippen LogP contribution in [0.5, 0.6) is 5.75 Å². The van der Waals surface area contributed by atoms with E-state index in [1.54, 1.807) is 0 Å². The number of carboxylic acid groups (broad SMARTS) is 1. The first-order valence-corrected chi connectivity index (χ1v) is 5.07. The third-order valence-electron chi connectivity index (χ3n) is 2.22. The summed E-state index contributed by atoms with van der Waals surface area (Å²) in [6.07, 6.45) is -5.65. The molecule has 0 unspecified atom stereocenters. The molecule has 0 heterocycles. The minimum Gasteiger partial charge on any atom is -0.481 e. The van der Waals surface area contributed by atoms with Gasteiger partial charge in [0.1, 0.15) is 5.75 Å². The first kappa shape index (κ1) is 15.2. The van der Waals surface area contributed by atoms with Gasteiger partial charge in [-0.15, -0.1) is 0 Å². The zero-order valence-electron chi connectivity index (χ0n) is 9.38. The van der Waals surface area contributed by atoms with Crippen molar-refractivity contribution in [1.29, 1.82) is 0 Å². The van der Waals surface area contributed by atoms with E-state index in [2.05, 4.69) is 4.74 Å². The number of aliphatic carboxylic acids is 1. The molecule has 0 atom stereocenters. The Hall–Kier alpha value is -1.86. The monoisotopic (exact) mass is 284 g/mol. The molecule has 0 bridgehead atoms. The van der Waals surface area contributed by atoms with Crippen molar-refractivity contribution in [2.45, 2.75) is 25.6 Å². The number of carbonyl (C=O) groups is 1. The number of hydrogen-bond donors (Lipinski definition) is 1. The van der Waals surface area contributed by atoms with E-state index in [4.69, 9.17) is 5.11 Å². The maximum absolute atomic E-state index is 12.6. The van der Waals surface area contributed by atoms with Gasteiger partial charge in [0.25, 0.3) is 0 Å². The fraction of sp³-hybridized carbons (Fsp3) is 0.364. The molecule has 0 amide bonds. The molecule has 1 aromatic rings. The van der Waals surface area contributed by atoms with Gasteiger partial charge in [-0.1, -0.05) is 0 Å². The van der Waals surface area contributed by atoms with Crippen molar-refractivity contribution in [3.05, 3.63) is 29.3 Å². The lowest BCUT2D eigenvalue weighted by atomic mass is 10.0. The average Bonchev–Trinajstić information content (AvgIpc) is 2.24. The summed E-state index contributed by atoms with van der Waals surface area (Å²) in [5.41, 5.74) is -1.46. The highest BCUT2D eigenvalue weighted by atomic mass is 19.4. The van der Waals surface area contributed by atoms with Gasteiger partial charge in [-0.2, -0.15) is 22.0 Å². The van der Waals surface area contributed by atoms with E-state index in [9.17, 15) is 26.7 Å². The second-order valence-electron chi connectivity index (χ2n) is 3.59. The van der Waals surface area contributed by atoms with Gasteiger partial charge in [0.2, 0.25) is 0 Å². The van der Waals surface area contributed by atoms with Crippen LogP contribution in [0.15, 0.2) is 18.2 Å². The molecule has 1 N–H and O–H groups in total. The highest BCUT2D eigenvalue weighted by Gasteiger charge is 2.33. The van der Waals surface area contributed by atoms with Crippen LogP contribution in [0.25, 0.3) is 0 Å². The van der Waals surface area contributed by atoms with Gasteiger partial charge in [0, 0.05) is 6.42 Å². The van der Waals surface area contributed by atoms with E-state index in [0.29, 0.717) is 6.07 Å². The zero-order chi connectivity index (χ0) is 14.6. The third kappa shape index (κ3) is 4.72. The standard InChI is InChI=1S/C11H9F5O3/c12-10(13)19-7-2-3-8(11(14,15)16)6(5-7)1-4-9(17)18/h2-3,5,10H,1,4H2,(H,17,18). The van der Waals surface area contributed by atoms with E-state index in [1.165, 1.54) is 0 Å². The predicted octanol–water partition coefficient (Wildman–Crippen LogP) is 3.32. The fourth-order valence-corrected chi connectivity index (χ4v) is 1.47. The molecule has 3 nitrogen and oxygen atoms in total. The molecule has 0 aliphatic rings. The van der Waals surface area contributed by atoms with Gasteiger partial charge in [-0.05, 0) is 30.2 Å². The van der Waals surface area contributed by atoms with Crippen molar-refractivity contribution >= 4 is 5.97 Å². The Kier molecular flexibility index (Phi) is 4.68. The van der Waals surface area contributed by atoms with E-state index in [-0.39, 0.29) is 0 Å². The normalized spacial score (nSPS) is 11.7. The molecule has 0 spiro atoms. The summed E-state index contributed by atoms with van der Waals surface area (Å²) in [6.45, 7) is -3.16. The topological polar surface area (TPSA) is 46.5 Å². The van der Waals surface area contributed by atoms with Crippen LogP contribution in [0.4, 0.5) is 22.0 Å². The molecule has 0 aliphatic heterocycles. The second-order valence-corrected chi connectivity index (χ2v) is 3.59. The SMILES string of the molecule is O=C(O)CCc1cc(OC(F)F)ccc1C(F)(F)F. The van der Waals surface area contributed by atoms with Crippen molar-refractivity contribution in [3.63, 3.8) is 0 Å². The Bertz CT molecular complexity index is 456. The third-order valence-corrected chi connectivity index (χ3v) is 2.22. The van der Waals surface area contributed by atoms with Crippen LogP contribution in [0, 0.1) is 0 Å². The molecular weight excluding hydrogens is 275 g/mol. The van der Waals surface area contributed by atoms with Gasteiger partial charge in [0.05, 0.1) is 5.56 Å². The number of rotatable bonds is 5. The lowest BCUT2D eigenvalue weighted by molar-refractivity contribution is -0.140. The van der Waals surface area contributed by atoms with E-state index in [0.717, 1.165) is 12.1 Å². The van der Waals surface area contributed by atoms with Crippen molar-refractivity contribution in [2.24, 2.45) is 0 Å². The van der Waals surface area contributed by atoms with Crippen molar-refractivity contribution < 1.29 is 36.6 Å². The van der Waals surface area contributed by atoms with Crippen molar-refractivity contribution in [2.75, 3.05) is 0 Å². The molecule has 0 radical (unpaired) electrons. The Labute approximate surface area is 104 Å². The van der Waals surface area contributed by atoms with Crippen LogP contribution in [-0.4, -0.2) is 17.7 Å². The average molecular weight is 284 g/mol. The largest absolute Gasteiger partial charge is 0.481 e. The van der Waals surface area contributed by atoms with Crippen molar-refractivity contribution in [3.8, 4) is 5.75 Å². The molecular formula is C11H9F5O3. The highest BCUT2D eigenvalue weighted by Crippen LogP contribution is 2.34. The number of carboxylic acids is 1. The maximum atomic E-state index is 12.6. The van der Waals surface area contributed by atoms with Gasteiger partial charge >= 0.3 is 18.8 Å². The number of ether oxygens (including phenoxy) is 1. The molecule has 19 heavy (non-hydrogen) atoms. The minimum absolute atomic E-state index is 0.395. The maximum Gasteiger partial charge on any atom is 0.416 e. The van der Waals surface area contributed by atoms with Crippen LogP contribution in [0.3, 0.4) is 0 Å². The lowest BCUT2D eigenvalue weighted by Gasteiger charge is -2.14. The Morgan fingerprint density at radius 2 is 1.95 bits per heavy atom. The molecule has 106 valence electrons. The van der Waals surface area contributed by atoms with Crippen LogP contribution < -0.4 is 4.74 Å². The quantitative estimate of drug-likeness (QED) is 0.844. The molecule has 0 aromatic heterocycles. The fourth-order valence-electron chi connectivity index (χ4n) is 1.47. The van der Waals surface area contributed by atoms with Gasteiger partial charge in [-0.3, -0.25) is 4.79 Å². The lowest BCUT2D eigenvalue weighted by Crippen LogP contribution is -2.11. The summed E-state index contributed by atoms with van der Waals surface area (Å²) >= 11 is 0. The first-order chi connectivity index (χ1) is 8.70. The van der Waals surface area contributed by atoms with Gasteiger partial charge < -0.3 is 9.84 Å². The summed E-state index contributed by atoms with van der Waals surface area (Å²) in [5.74, 6) is -1.73. The molecule has 8 heteroatoms. The van der Waals surface area contributed by atoms with Gasteiger partial charge in [-0.25, -0.2) is 0 Å². The van der Waals surface area contributed by atoms with Gasteiger partial charge in [0.15, 0.2) is 0 Å². The summed E-state index contributed by atoms with van der Waals surface area (Å²) in [4.78, 5) is 10.4. The summed E-state index contributed by atoms with van der Waals surface area (Å²) in [6, 6.07) is 2.13. The smallest absolute Gasteiger partial charge is 0.416 e. The highest BCUT2D eigenvalue weighted by molar-refractivity contribution is 5.67. The summed E-state index contributed by atoms with van der Waals surface area (Å²) in [7, 11) is 0. The van der Waals surface area contributed by atoms with E-state index >= 15 is 0 Å². The van der Waals surface area contributed by atoms with Crippen LogP contribution in [-0.2, 0) is 17.4 Å². The Morgan fingerprint density at radius 1 is 1.32 bits per heavy atom. The van der Waals surface area contributed by atoms with Crippen LogP contribution >= 0.6 is 0 Å². The number of aryl methyl sites for hydroxylation is 1. The minimum atomic E-state index is -4.68. The molecule has 0 aliphatic carbocycles. The zero-order valence-corrected chi connectivity index (χ0v) is 9.38. The van der Waals surface area contributed by atoms with Crippen LogP contribution in [0.1, 0.15) is 17.5 Å². The van der Waals surface area contributed by atoms with E-state index < -0.39 is 48.5 Å². The summed E-state index contributed by atoms with van der Waals surface area (Å²) < 4.78 is 65.8. The van der Waals surface area contributed by atoms with Crippen LogP contribution in [0.2, 0.25) is 0 Å². The number of hydrogen-bond acceptors (Lipinski definition) is 2. The molecule has 0 saturated carbocycles. The molecule has 0 fully saturated rings. The van der Waals surface area contributed by atoms with Crippen molar-refractivity contribution in [1.82, 2.24) is 0 Å². The molecule has 0 saturated heterocycles. The van der Waals surface area contributed by atoms with E-state index in [1.807, 2.05) is 0 Å². The second kappa shape index (κ2) is 5.85. The predicted molar refractivity (Wildman–Crippen MR) is 54.0 cm³/mol. The molecule has 1 rings (SSSR count). The Balaban J connectivity index is 3.07. The summed E-state index contributed by atoms with van der Waals surface area (Å²) in [5, 5.41) is 8.45. The number of benzene rings is 1.